The lowest BCUT2D eigenvalue weighted by Crippen LogP contribution is -2.61. The van der Waals surface area contributed by atoms with Crippen LogP contribution in [0.2, 0.25) is 0 Å². The minimum atomic E-state index is -1.70. The molecule has 1 fully saturated rings. The largest absolute Gasteiger partial charge is 0.481 e. The number of nitrogens with one attached hydrogen (secondary N) is 4. The summed E-state index contributed by atoms with van der Waals surface area (Å²) in [5.74, 6) is -9.04. The molecule has 260 valence electrons. The number of amides is 5. The summed E-state index contributed by atoms with van der Waals surface area (Å²) >= 11 is 4.02. The lowest BCUT2D eigenvalue weighted by atomic mass is 9.95. The predicted molar refractivity (Wildman–Crippen MR) is 165 cm³/mol. The normalized spacial score (nSPS) is 18.3. The third-order valence-corrected chi connectivity index (χ3v) is 7.90. The Labute approximate surface area is 272 Å². The maximum atomic E-state index is 13.7. The molecule has 0 spiro atoms. The highest BCUT2D eigenvalue weighted by Gasteiger charge is 2.41. The zero-order valence-corrected chi connectivity index (χ0v) is 27.2. The molecule has 7 atom stereocenters. The second-order valence-electron chi connectivity index (χ2n) is 11.6. The molecule has 0 unspecified atom stereocenters. The second-order valence-corrected chi connectivity index (χ2v) is 12.0. The summed E-state index contributed by atoms with van der Waals surface area (Å²) in [7, 11) is 0. The standard InChI is InChI=1S/C28H46N6O11S/c1-5-14(4)22(33-24(40)17(12-20(37)38)31-23(39)15(29)11-19(35)36)26(42)32-21(13(2)3)27(43)34-9-6-7-18(34)25(41)30-16(8-10-46)28(44)45/h13-18,21-22,46H,5-12,29H2,1-4H3,(H,30,41)(H,31,39)(H,32,42)(H,33,40)(H,35,36)(H,37,38)(H,44,45)/t14-,15-,16-,17-,18-,21-,22-/m0/s1. The Morgan fingerprint density at radius 1 is 0.826 bits per heavy atom. The Morgan fingerprint density at radius 2 is 1.41 bits per heavy atom. The molecule has 0 saturated carbocycles. The van der Waals surface area contributed by atoms with E-state index in [1.807, 2.05) is 0 Å². The van der Waals surface area contributed by atoms with E-state index in [0.717, 1.165) is 0 Å². The molecular formula is C28H46N6O11S. The molecule has 18 heteroatoms. The van der Waals surface area contributed by atoms with Crippen molar-refractivity contribution in [3.8, 4) is 0 Å². The van der Waals surface area contributed by atoms with Crippen molar-refractivity contribution in [1.82, 2.24) is 26.2 Å². The number of rotatable bonds is 19. The summed E-state index contributed by atoms with van der Waals surface area (Å²) in [5.41, 5.74) is 5.53. The van der Waals surface area contributed by atoms with Crippen molar-refractivity contribution in [3.05, 3.63) is 0 Å². The van der Waals surface area contributed by atoms with Crippen LogP contribution in [0.5, 0.6) is 0 Å². The van der Waals surface area contributed by atoms with Crippen LogP contribution >= 0.6 is 12.6 Å². The molecule has 5 amide bonds. The maximum Gasteiger partial charge on any atom is 0.326 e. The molecule has 0 aliphatic carbocycles. The molecular weight excluding hydrogens is 628 g/mol. The fourth-order valence-electron chi connectivity index (χ4n) is 4.79. The van der Waals surface area contributed by atoms with E-state index in [1.54, 1.807) is 27.7 Å². The highest BCUT2D eigenvalue weighted by molar-refractivity contribution is 7.80. The van der Waals surface area contributed by atoms with Crippen LogP contribution in [0.3, 0.4) is 0 Å². The van der Waals surface area contributed by atoms with Gasteiger partial charge in [-0.05, 0) is 36.9 Å². The third kappa shape index (κ3) is 12.1. The zero-order valence-electron chi connectivity index (χ0n) is 26.4. The lowest BCUT2D eigenvalue weighted by Gasteiger charge is -2.33. The fourth-order valence-corrected chi connectivity index (χ4v) is 5.05. The van der Waals surface area contributed by atoms with Crippen LogP contribution in [0.25, 0.3) is 0 Å². The first kappa shape index (κ1) is 40.1. The van der Waals surface area contributed by atoms with Gasteiger partial charge in [0.1, 0.15) is 30.2 Å². The van der Waals surface area contributed by atoms with Crippen LogP contribution < -0.4 is 27.0 Å². The summed E-state index contributed by atoms with van der Waals surface area (Å²) in [6.45, 7) is 6.88. The van der Waals surface area contributed by atoms with Crippen molar-refractivity contribution >= 4 is 60.1 Å². The van der Waals surface area contributed by atoms with Crippen LogP contribution in [-0.2, 0) is 38.4 Å². The van der Waals surface area contributed by atoms with E-state index >= 15 is 0 Å². The molecule has 46 heavy (non-hydrogen) atoms. The number of carboxylic acid groups (broad SMARTS) is 3. The fraction of sp³-hybridized carbons (Fsp3) is 0.714. The number of carbonyl (C=O) groups is 8. The highest BCUT2D eigenvalue weighted by atomic mass is 32.1. The van der Waals surface area contributed by atoms with E-state index in [1.165, 1.54) is 4.90 Å². The van der Waals surface area contributed by atoms with Gasteiger partial charge in [0.2, 0.25) is 29.5 Å². The van der Waals surface area contributed by atoms with Gasteiger partial charge in [0, 0.05) is 6.54 Å². The zero-order chi connectivity index (χ0) is 35.3. The van der Waals surface area contributed by atoms with Crippen molar-refractivity contribution in [2.45, 2.75) is 102 Å². The van der Waals surface area contributed by atoms with Gasteiger partial charge in [0.15, 0.2) is 0 Å². The Bertz CT molecular complexity index is 1150. The van der Waals surface area contributed by atoms with Crippen molar-refractivity contribution < 1.29 is 53.7 Å². The van der Waals surface area contributed by atoms with Gasteiger partial charge in [-0.2, -0.15) is 12.6 Å². The van der Waals surface area contributed by atoms with Crippen LogP contribution in [-0.4, -0.2) is 116 Å². The van der Waals surface area contributed by atoms with Gasteiger partial charge in [-0.3, -0.25) is 33.6 Å². The van der Waals surface area contributed by atoms with Crippen LogP contribution in [0.1, 0.15) is 66.2 Å². The van der Waals surface area contributed by atoms with Gasteiger partial charge in [0.05, 0.1) is 18.9 Å². The predicted octanol–water partition coefficient (Wildman–Crippen LogP) is -1.70. The van der Waals surface area contributed by atoms with Gasteiger partial charge in [-0.15, -0.1) is 0 Å². The first-order valence-corrected chi connectivity index (χ1v) is 15.6. The van der Waals surface area contributed by atoms with Gasteiger partial charge < -0.3 is 47.2 Å². The van der Waals surface area contributed by atoms with Crippen molar-refractivity contribution in [3.63, 3.8) is 0 Å². The van der Waals surface area contributed by atoms with E-state index in [-0.39, 0.29) is 25.1 Å². The monoisotopic (exact) mass is 674 g/mol. The lowest BCUT2D eigenvalue weighted by molar-refractivity contribution is -0.145. The molecule has 0 aromatic heterocycles. The first-order chi connectivity index (χ1) is 21.4. The van der Waals surface area contributed by atoms with E-state index in [4.69, 9.17) is 10.8 Å². The van der Waals surface area contributed by atoms with Crippen molar-refractivity contribution in [2.75, 3.05) is 12.3 Å². The van der Waals surface area contributed by atoms with Crippen LogP contribution in [0.4, 0.5) is 0 Å². The molecule has 0 aromatic carbocycles. The summed E-state index contributed by atoms with van der Waals surface area (Å²) in [6.07, 6.45) is -0.486. The number of hydrogen-bond acceptors (Lipinski definition) is 10. The number of aliphatic carboxylic acids is 3. The summed E-state index contributed by atoms with van der Waals surface area (Å²) in [4.78, 5) is 101. The molecule has 0 radical (unpaired) electrons. The van der Waals surface area contributed by atoms with Gasteiger partial charge in [-0.1, -0.05) is 34.1 Å². The number of nitrogens with zero attached hydrogens (tertiary/aromatic N) is 1. The molecule has 0 bridgehead atoms. The summed E-state index contributed by atoms with van der Waals surface area (Å²) in [6, 6.07) is -7.87. The van der Waals surface area contributed by atoms with E-state index in [9.17, 15) is 48.6 Å². The summed E-state index contributed by atoms with van der Waals surface area (Å²) < 4.78 is 0. The average Bonchev–Trinajstić information content (AvgIpc) is 3.46. The quantitative estimate of drug-likeness (QED) is 0.0694. The van der Waals surface area contributed by atoms with Crippen LogP contribution in [0.15, 0.2) is 0 Å². The maximum absolute atomic E-state index is 13.7. The van der Waals surface area contributed by atoms with Gasteiger partial charge >= 0.3 is 17.9 Å². The first-order valence-electron chi connectivity index (χ1n) is 15.0. The topological polar surface area (TPSA) is 275 Å². The SMILES string of the molecule is CC[C@H](C)[C@H](NC(=O)[C@H](CC(=O)O)NC(=O)[C@@H](N)CC(=O)O)C(=O)N[C@H](C(=O)N1CCC[C@H]1C(=O)N[C@@H](CCS)C(=O)O)C(C)C. The molecule has 17 nitrogen and oxygen atoms in total. The smallest absolute Gasteiger partial charge is 0.326 e. The number of likely N-dealkylation sites (tertiary alicyclic amines) is 1. The number of nitrogens with two attached hydrogens (primary N) is 1. The number of carboxylic acids is 3. The van der Waals surface area contributed by atoms with Gasteiger partial charge in [0.25, 0.3) is 0 Å². The van der Waals surface area contributed by atoms with Gasteiger partial charge in [-0.25, -0.2) is 4.79 Å². The number of hydrogen-bond donors (Lipinski definition) is 9. The Morgan fingerprint density at radius 3 is 1.91 bits per heavy atom. The number of thiol groups is 1. The van der Waals surface area contributed by atoms with E-state index in [2.05, 4.69) is 33.9 Å². The highest BCUT2D eigenvalue weighted by Crippen LogP contribution is 2.21. The molecule has 1 aliphatic heterocycles. The Kier molecular flexibility index (Phi) is 16.5. The average molecular weight is 675 g/mol. The van der Waals surface area contributed by atoms with Crippen molar-refractivity contribution in [2.24, 2.45) is 17.6 Å². The van der Waals surface area contributed by atoms with Crippen molar-refractivity contribution in [1.29, 1.82) is 0 Å². The summed E-state index contributed by atoms with van der Waals surface area (Å²) in [5, 5.41) is 37.2. The second kappa shape index (κ2) is 18.9. The van der Waals surface area contributed by atoms with Crippen LogP contribution in [0, 0.1) is 11.8 Å². The van der Waals surface area contributed by atoms with E-state index < -0.39 is 108 Å². The molecule has 1 rings (SSSR count). The molecule has 9 N–H and O–H groups in total. The Balaban J connectivity index is 3.18. The minimum Gasteiger partial charge on any atom is -0.481 e. The Hall–Kier alpha value is -3.93. The molecule has 1 aliphatic rings. The third-order valence-electron chi connectivity index (χ3n) is 7.64. The number of carbonyl (C=O) groups excluding carboxylic acids is 5. The molecule has 1 saturated heterocycles. The van der Waals surface area contributed by atoms with E-state index in [0.29, 0.717) is 12.8 Å². The minimum absolute atomic E-state index is 0.0738. The molecule has 1 heterocycles. The molecule has 0 aromatic rings.